The number of carbonyl (C=O) groups excluding carboxylic acids is 2. The summed E-state index contributed by atoms with van der Waals surface area (Å²) in [5.41, 5.74) is 7.32. The zero-order valence-corrected chi connectivity index (χ0v) is 21.0. The largest absolute Gasteiger partial charge is 0.416 e. The van der Waals surface area contributed by atoms with E-state index in [1.807, 2.05) is 4.40 Å². The molecule has 5 heterocycles. The van der Waals surface area contributed by atoms with Gasteiger partial charge >= 0.3 is 6.18 Å². The first-order valence-corrected chi connectivity index (χ1v) is 12.7. The summed E-state index contributed by atoms with van der Waals surface area (Å²) in [5, 5.41) is 12.4. The van der Waals surface area contributed by atoms with Gasteiger partial charge in [-0.25, -0.2) is 15.0 Å². The smallest absolute Gasteiger partial charge is 0.383 e. The zero-order chi connectivity index (χ0) is 28.2. The van der Waals surface area contributed by atoms with E-state index in [-0.39, 0.29) is 35.1 Å². The monoisotopic (exact) mass is 551 g/mol. The first-order chi connectivity index (χ1) is 19.1. The van der Waals surface area contributed by atoms with Crippen molar-refractivity contribution >= 4 is 29.0 Å². The van der Waals surface area contributed by atoms with Crippen molar-refractivity contribution in [2.75, 3.05) is 17.6 Å². The van der Waals surface area contributed by atoms with Gasteiger partial charge in [-0.15, -0.1) is 0 Å². The maximum Gasteiger partial charge on any atom is 0.416 e. The summed E-state index contributed by atoms with van der Waals surface area (Å²) in [6.45, 7) is 0.435. The van der Waals surface area contributed by atoms with Crippen LogP contribution >= 0.6 is 0 Å². The number of rotatable bonds is 4. The van der Waals surface area contributed by atoms with E-state index in [4.69, 9.17) is 10.7 Å². The standard InChI is InChI=1S/C27H24F3N7O3/c28-27(29,30)17-7-8-32-20(11-17)34-25(39)15-3-1-14(2-4-15)21-22-23(31)33-9-10-36(22)24(35-21)16-5-6-18-12-19(38)26(40)37(18)13-16/h1-4,7-11,16,18-19,38H,5-6,12-13H2,(H2,31,33)(H,32,34,39)/t16-,18+,19+/m0/s1. The molecule has 0 aliphatic carbocycles. The second kappa shape index (κ2) is 9.59. The minimum Gasteiger partial charge on any atom is -0.383 e. The fourth-order valence-corrected chi connectivity index (χ4v) is 5.52. The lowest BCUT2D eigenvalue weighted by atomic mass is 9.92. The number of hydrogen-bond acceptors (Lipinski definition) is 7. The molecule has 2 saturated heterocycles. The number of carbonyl (C=O) groups is 2. The topological polar surface area (TPSA) is 139 Å². The number of nitrogen functional groups attached to an aromatic ring is 1. The Kier molecular flexibility index (Phi) is 6.17. The number of nitrogens with zero attached hydrogens (tertiary/aromatic N) is 5. The van der Waals surface area contributed by atoms with E-state index in [9.17, 15) is 27.9 Å². The summed E-state index contributed by atoms with van der Waals surface area (Å²) in [5.74, 6) is -0.209. The highest BCUT2D eigenvalue weighted by Crippen LogP contribution is 2.38. The van der Waals surface area contributed by atoms with Gasteiger partial charge in [-0.1, -0.05) is 12.1 Å². The Bertz CT molecular complexity index is 1620. The third-order valence-electron chi connectivity index (χ3n) is 7.49. The molecule has 2 fully saturated rings. The molecule has 0 spiro atoms. The minimum atomic E-state index is -4.56. The van der Waals surface area contributed by atoms with Gasteiger partial charge in [0.2, 0.25) is 0 Å². The summed E-state index contributed by atoms with van der Waals surface area (Å²) in [4.78, 5) is 39.8. The van der Waals surface area contributed by atoms with Gasteiger partial charge in [0.25, 0.3) is 11.8 Å². The summed E-state index contributed by atoms with van der Waals surface area (Å²) >= 11 is 0. The van der Waals surface area contributed by atoms with Crippen molar-refractivity contribution in [1.82, 2.24) is 24.3 Å². The molecule has 0 unspecified atom stereocenters. The highest BCUT2D eigenvalue weighted by Gasteiger charge is 2.43. The van der Waals surface area contributed by atoms with Gasteiger partial charge in [0.15, 0.2) is 0 Å². The SMILES string of the molecule is Nc1nccn2c([C@H]3CC[C@@H]4C[C@@H](O)C(=O)N4C3)nc(-c3ccc(C(=O)Nc4cc(C(F)(F)F)ccn4)cc3)c12. The van der Waals surface area contributed by atoms with Gasteiger partial charge < -0.3 is 21.1 Å². The molecule has 4 aromatic rings. The maximum atomic E-state index is 13.0. The number of aliphatic hydroxyl groups is 1. The average Bonchev–Trinajstić information content (AvgIpc) is 3.46. The lowest BCUT2D eigenvalue weighted by molar-refractivity contribution is -0.137. The number of aromatic nitrogens is 4. The Balaban J connectivity index is 1.28. The predicted molar refractivity (Wildman–Crippen MR) is 138 cm³/mol. The fraction of sp³-hybridized carbons (Fsp3) is 0.296. The second-order valence-electron chi connectivity index (χ2n) is 9.98. The number of alkyl halides is 3. The molecular weight excluding hydrogens is 527 g/mol. The van der Waals surface area contributed by atoms with Crippen LogP contribution in [0.25, 0.3) is 16.8 Å². The number of benzene rings is 1. The Labute approximate surface area is 225 Å². The average molecular weight is 552 g/mol. The first kappa shape index (κ1) is 25.7. The van der Waals surface area contributed by atoms with Gasteiger partial charge in [0.1, 0.15) is 34.8 Å². The van der Waals surface area contributed by atoms with Crippen LogP contribution in [0.1, 0.15) is 46.9 Å². The number of piperidine rings is 1. The van der Waals surface area contributed by atoms with Crippen LogP contribution in [0.15, 0.2) is 55.0 Å². The molecule has 6 rings (SSSR count). The molecule has 13 heteroatoms. The molecule has 4 N–H and O–H groups in total. The number of halogens is 3. The third-order valence-corrected chi connectivity index (χ3v) is 7.49. The number of imidazole rings is 1. The molecule has 0 bridgehead atoms. The molecule has 0 radical (unpaired) electrons. The quantitative estimate of drug-likeness (QED) is 0.353. The van der Waals surface area contributed by atoms with E-state index in [1.165, 1.54) is 12.1 Å². The Hall–Kier alpha value is -4.52. The van der Waals surface area contributed by atoms with Crippen molar-refractivity contribution in [3.05, 3.63) is 71.9 Å². The van der Waals surface area contributed by atoms with E-state index >= 15 is 0 Å². The molecular formula is C27H24F3N7O3. The van der Waals surface area contributed by atoms with Gasteiger partial charge in [-0.3, -0.25) is 14.0 Å². The van der Waals surface area contributed by atoms with Gasteiger partial charge in [-0.2, -0.15) is 13.2 Å². The van der Waals surface area contributed by atoms with Crippen molar-refractivity contribution < 1.29 is 27.9 Å². The zero-order valence-electron chi connectivity index (χ0n) is 21.0. The normalized spacial score (nSPS) is 21.1. The summed E-state index contributed by atoms with van der Waals surface area (Å²) in [7, 11) is 0. The fourth-order valence-electron chi connectivity index (χ4n) is 5.52. The van der Waals surface area contributed by atoms with E-state index in [1.54, 1.807) is 29.4 Å². The molecule has 10 nitrogen and oxygen atoms in total. The van der Waals surface area contributed by atoms with Crippen molar-refractivity contribution in [2.45, 2.75) is 43.5 Å². The molecule has 3 atom stereocenters. The number of fused-ring (bicyclic) bond motifs is 2. The van der Waals surface area contributed by atoms with Crippen molar-refractivity contribution in [3.8, 4) is 11.3 Å². The Morgan fingerprint density at radius 1 is 1.10 bits per heavy atom. The number of amides is 2. The molecule has 2 amide bonds. The van der Waals surface area contributed by atoms with E-state index < -0.39 is 23.8 Å². The molecule has 3 aromatic heterocycles. The first-order valence-electron chi connectivity index (χ1n) is 12.7. The van der Waals surface area contributed by atoms with Crippen LogP contribution in [0.4, 0.5) is 24.8 Å². The summed E-state index contributed by atoms with van der Waals surface area (Å²) < 4.78 is 40.8. The highest BCUT2D eigenvalue weighted by molar-refractivity contribution is 6.04. The van der Waals surface area contributed by atoms with Crippen molar-refractivity contribution in [1.29, 1.82) is 0 Å². The number of nitrogens with one attached hydrogen (secondary N) is 1. The van der Waals surface area contributed by atoms with Crippen LogP contribution in [-0.4, -0.2) is 59.9 Å². The van der Waals surface area contributed by atoms with Crippen molar-refractivity contribution in [3.63, 3.8) is 0 Å². The summed E-state index contributed by atoms with van der Waals surface area (Å²) in [6.07, 6.45) is 0.772. The molecule has 1 aromatic carbocycles. The predicted octanol–water partition coefficient (Wildman–Crippen LogP) is 3.48. The number of pyridine rings is 1. The maximum absolute atomic E-state index is 13.0. The van der Waals surface area contributed by atoms with E-state index in [2.05, 4.69) is 15.3 Å². The van der Waals surface area contributed by atoms with Crippen LogP contribution in [-0.2, 0) is 11.0 Å². The Morgan fingerprint density at radius 2 is 1.88 bits per heavy atom. The lowest BCUT2D eigenvalue weighted by Gasteiger charge is -2.34. The van der Waals surface area contributed by atoms with Crippen LogP contribution in [0, 0.1) is 0 Å². The van der Waals surface area contributed by atoms with E-state index in [0.29, 0.717) is 35.6 Å². The molecule has 2 aliphatic heterocycles. The van der Waals surface area contributed by atoms with E-state index in [0.717, 1.165) is 31.2 Å². The van der Waals surface area contributed by atoms with Crippen LogP contribution in [0.3, 0.4) is 0 Å². The van der Waals surface area contributed by atoms with Gasteiger partial charge in [-0.05, 0) is 37.1 Å². The van der Waals surface area contributed by atoms with Crippen LogP contribution in [0.2, 0.25) is 0 Å². The number of aliphatic hydroxyl groups excluding tert-OH is 1. The molecule has 2 aliphatic rings. The van der Waals surface area contributed by atoms with Gasteiger partial charge in [0, 0.05) is 54.6 Å². The van der Waals surface area contributed by atoms with Crippen LogP contribution in [0.5, 0.6) is 0 Å². The minimum absolute atomic E-state index is 0.0287. The van der Waals surface area contributed by atoms with Gasteiger partial charge in [0.05, 0.1) is 5.56 Å². The third kappa shape index (κ3) is 4.51. The number of nitrogens with two attached hydrogens (primary N) is 1. The Morgan fingerprint density at radius 3 is 2.62 bits per heavy atom. The van der Waals surface area contributed by atoms with Crippen molar-refractivity contribution in [2.24, 2.45) is 0 Å². The lowest BCUT2D eigenvalue weighted by Crippen LogP contribution is -2.42. The molecule has 40 heavy (non-hydrogen) atoms. The number of hydrogen-bond donors (Lipinski definition) is 3. The number of anilines is 2. The highest BCUT2D eigenvalue weighted by atomic mass is 19.4. The summed E-state index contributed by atoms with van der Waals surface area (Å²) in [6, 6.07) is 8.03. The van der Waals surface area contributed by atoms with Crippen LogP contribution < -0.4 is 11.1 Å². The molecule has 206 valence electrons. The second-order valence-corrected chi connectivity index (χ2v) is 9.98. The molecule has 0 saturated carbocycles.